The molecule has 0 fully saturated rings. The summed E-state index contributed by atoms with van der Waals surface area (Å²) in [5, 5.41) is 0.980. The quantitative estimate of drug-likeness (QED) is 0.146. The SMILES string of the molecule is CCOCn1c(C(=O)c2cn(C(=O)OC(C)(C)C)c3ccccc23)nc(-c2ccco2)c1C(=O)c1cn(C(=O)OC(C)(C)C)c2ccccc12. The fraction of sp³-hybridized carbons (Fsp3) is 0.289. The van der Waals surface area contributed by atoms with Crippen LogP contribution < -0.4 is 0 Å². The number of fused-ring (bicyclic) bond motifs is 2. The van der Waals surface area contributed by atoms with E-state index in [-0.39, 0.29) is 47.4 Å². The first-order chi connectivity index (χ1) is 23.7. The van der Waals surface area contributed by atoms with Crippen molar-refractivity contribution in [3.05, 3.63) is 102 Å². The standard InChI is InChI=1S/C38H38N4O8/c1-8-47-22-42-31(32(43)25-20-40(35(45)49-37(2,3)4)27-16-11-9-14-23(25)27)30(29-18-13-19-48-29)39-34(42)33(44)26-21-41(36(46)50-38(5,6)7)28-17-12-10-15-24(26)28/h9-21H,8,22H2,1-7H3. The number of hydrogen-bond acceptors (Lipinski definition) is 9. The van der Waals surface area contributed by atoms with Gasteiger partial charge in [0, 0.05) is 29.8 Å². The van der Waals surface area contributed by atoms with Crippen LogP contribution in [0.1, 0.15) is 80.7 Å². The minimum Gasteiger partial charge on any atom is -0.463 e. The second kappa shape index (κ2) is 12.9. The van der Waals surface area contributed by atoms with E-state index in [1.54, 1.807) is 109 Å². The third-order valence-corrected chi connectivity index (χ3v) is 7.66. The van der Waals surface area contributed by atoms with Crippen molar-refractivity contribution in [1.29, 1.82) is 0 Å². The first-order valence-electron chi connectivity index (χ1n) is 16.2. The highest BCUT2D eigenvalue weighted by Gasteiger charge is 2.34. The zero-order valence-corrected chi connectivity index (χ0v) is 29.0. The molecule has 12 heteroatoms. The maximum atomic E-state index is 14.8. The number of ether oxygens (including phenoxy) is 3. The van der Waals surface area contributed by atoms with E-state index in [1.807, 2.05) is 0 Å². The van der Waals surface area contributed by atoms with E-state index < -0.39 is 35.0 Å². The Morgan fingerprint density at radius 3 is 1.72 bits per heavy atom. The average Bonchev–Trinajstić information content (AvgIpc) is 3.85. The van der Waals surface area contributed by atoms with E-state index in [9.17, 15) is 19.2 Å². The maximum Gasteiger partial charge on any atom is 0.419 e. The molecule has 2 aromatic carbocycles. The van der Waals surface area contributed by atoms with E-state index in [1.165, 1.54) is 32.4 Å². The summed E-state index contributed by atoms with van der Waals surface area (Å²) in [6, 6.07) is 17.2. The number of nitrogens with zero attached hydrogens (tertiary/aromatic N) is 4. The van der Waals surface area contributed by atoms with E-state index in [0.717, 1.165) is 0 Å². The minimum atomic E-state index is -0.781. The molecule has 4 heterocycles. The third-order valence-electron chi connectivity index (χ3n) is 7.66. The van der Waals surface area contributed by atoms with Gasteiger partial charge >= 0.3 is 12.2 Å². The van der Waals surface area contributed by atoms with Crippen LogP contribution in [-0.4, -0.2) is 60.2 Å². The Balaban J connectivity index is 1.55. The van der Waals surface area contributed by atoms with Crippen LogP contribution in [0.25, 0.3) is 33.3 Å². The van der Waals surface area contributed by atoms with Gasteiger partial charge in [0.25, 0.3) is 0 Å². The lowest BCUT2D eigenvalue weighted by molar-refractivity contribution is 0.0533. The smallest absolute Gasteiger partial charge is 0.419 e. The number of carbonyl (C=O) groups is 4. The lowest BCUT2D eigenvalue weighted by atomic mass is 10.0. The predicted octanol–water partition coefficient (Wildman–Crippen LogP) is 8.07. The van der Waals surface area contributed by atoms with Crippen LogP contribution in [0.5, 0.6) is 0 Å². The molecular weight excluding hydrogens is 640 g/mol. The summed E-state index contributed by atoms with van der Waals surface area (Å²) in [6.45, 7) is 12.4. The topological polar surface area (TPSA) is 137 Å². The lowest BCUT2D eigenvalue weighted by Gasteiger charge is -2.19. The number of ketones is 2. The molecule has 0 radical (unpaired) electrons. The van der Waals surface area contributed by atoms with E-state index in [4.69, 9.17) is 23.6 Å². The molecule has 0 unspecified atom stereocenters. The van der Waals surface area contributed by atoms with Gasteiger partial charge in [-0.15, -0.1) is 0 Å². The van der Waals surface area contributed by atoms with Crippen molar-refractivity contribution in [3.63, 3.8) is 0 Å². The molecule has 0 atom stereocenters. The molecule has 0 bridgehead atoms. The van der Waals surface area contributed by atoms with E-state index in [0.29, 0.717) is 21.8 Å². The summed E-state index contributed by atoms with van der Waals surface area (Å²) in [5.41, 5.74) is -0.166. The first kappa shape index (κ1) is 34.1. The highest BCUT2D eigenvalue weighted by Crippen LogP contribution is 2.33. The van der Waals surface area contributed by atoms with Gasteiger partial charge in [0.05, 0.1) is 28.4 Å². The highest BCUT2D eigenvalue weighted by atomic mass is 16.6. The molecule has 12 nitrogen and oxygen atoms in total. The fourth-order valence-corrected chi connectivity index (χ4v) is 5.64. The lowest BCUT2D eigenvalue weighted by Crippen LogP contribution is -2.26. The number of benzene rings is 2. The molecule has 0 N–H and O–H groups in total. The van der Waals surface area contributed by atoms with E-state index in [2.05, 4.69) is 0 Å². The van der Waals surface area contributed by atoms with Crippen LogP contribution in [-0.2, 0) is 20.9 Å². The molecule has 0 amide bonds. The number of aromatic nitrogens is 4. The van der Waals surface area contributed by atoms with Gasteiger partial charge in [0.2, 0.25) is 11.6 Å². The number of furan rings is 1. The van der Waals surface area contributed by atoms with Crippen LogP contribution in [0.2, 0.25) is 0 Å². The molecule has 0 aliphatic carbocycles. The predicted molar refractivity (Wildman–Crippen MR) is 186 cm³/mol. The monoisotopic (exact) mass is 678 g/mol. The molecule has 0 aliphatic heterocycles. The molecular formula is C38H38N4O8. The van der Waals surface area contributed by atoms with Crippen molar-refractivity contribution < 1.29 is 37.8 Å². The zero-order valence-electron chi connectivity index (χ0n) is 29.0. The Labute approximate surface area is 288 Å². The van der Waals surface area contributed by atoms with Gasteiger partial charge in [-0.2, -0.15) is 0 Å². The summed E-state index contributed by atoms with van der Waals surface area (Å²) in [5.74, 6) is -0.968. The van der Waals surface area contributed by atoms with Crippen molar-refractivity contribution in [2.24, 2.45) is 0 Å². The molecule has 6 aromatic rings. The zero-order chi connectivity index (χ0) is 36.0. The average molecular weight is 679 g/mol. The first-order valence-corrected chi connectivity index (χ1v) is 16.2. The van der Waals surface area contributed by atoms with Crippen LogP contribution in [0.15, 0.2) is 83.7 Å². The third kappa shape index (κ3) is 6.49. The Kier molecular flexibility index (Phi) is 8.83. The number of carbonyl (C=O) groups excluding carboxylic acids is 4. The minimum absolute atomic E-state index is 0.0136. The van der Waals surface area contributed by atoms with Gasteiger partial charge in [-0.05, 0) is 72.7 Å². The second-order valence-corrected chi connectivity index (χ2v) is 13.6. The van der Waals surface area contributed by atoms with Crippen molar-refractivity contribution in [2.45, 2.75) is 66.4 Å². The summed E-state index contributed by atoms with van der Waals surface area (Å²) in [4.78, 5) is 60.6. The number of para-hydroxylation sites is 2. The highest BCUT2D eigenvalue weighted by molar-refractivity contribution is 6.21. The van der Waals surface area contributed by atoms with Crippen molar-refractivity contribution in [1.82, 2.24) is 18.7 Å². The van der Waals surface area contributed by atoms with Gasteiger partial charge in [-0.3, -0.25) is 23.3 Å². The van der Waals surface area contributed by atoms with E-state index >= 15 is 0 Å². The Bertz CT molecular complexity index is 2260. The molecule has 0 aliphatic rings. The molecule has 0 spiro atoms. The largest absolute Gasteiger partial charge is 0.463 e. The van der Waals surface area contributed by atoms with Gasteiger partial charge in [0.15, 0.2) is 11.6 Å². The maximum absolute atomic E-state index is 14.8. The Morgan fingerprint density at radius 1 is 0.720 bits per heavy atom. The van der Waals surface area contributed by atoms with Crippen LogP contribution in [0.4, 0.5) is 9.59 Å². The van der Waals surface area contributed by atoms with Gasteiger partial charge in [-0.25, -0.2) is 14.6 Å². The molecule has 50 heavy (non-hydrogen) atoms. The summed E-state index contributed by atoms with van der Waals surface area (Å²) >= 11 is 0. The van der Waals surface area contributed by atoms with Gasteiger partial charge in [0.1, 0.15) is 29.3 Å². The van der Waals surface area contributed by atoms with Crippen molar-refractivity contribution in [2.75, 3.05) is 6.61 Å². The molecule has 0 saturated heterocycles. The van der Waals surface area contributed by atoms with Crippen molar-refractivity contribution >= 4 is 45.6 Å². The summed E-state index contributed by atoms with van der Waals surface area (Å²) < 4.78 is 26.8. The second-order valence-electron chi connectivity index (χ2n) is 13.6. The summed E-state index contributed by atoms with van der Waals surface area (Å²) in [6.07, 6.45) is 2.98. The number of hydrogen-bond donors (Lipinski definition) is 0. The van der Waals surface area contributed by atoms with Gasteiger partial charge in [-0.1, -0.05) is 36.4 Å². The Morgan fingerprint density at radius 2 is 1.24 bits per heavy atom. The van der Waals surface area contributed by atoms with Crippen LogP contribution in [0, 0.1) is 0 Å². The van der Waals surface area contributed by atoms with Crippen LogP contribution in [0.3, 0.4) is 0 Å². The fourth-order valence-electron chi connectivity index (χ4n) is 5.64. The molecule has 6 rings (SSSR count). The van der Waals surface area contributed by atoms with Crippen molar-refractivity contribution in [3.8, 4) is 11.5 Å². The molecule has 258 valence electrons. The molecule has 4 aromatic heterocycles. The number of rotatable bonds is 8. The summed E-state index contributed by atoms with van der Waals surface area (Å²) in [7, 11) is 0. The normalized spacial score (nSPS) is 12.1. The molecule has 0 saturated carbocycles. The Hall–Kier alpha value is -5.75. The van der Waals surface area contributed by atoms with Crippen LogP contribution >= 0.6 is 0 Å². The van der Waals surface area contributed by atoms with Gasteiger partial charge < -0.3 is 18.6 Å². The number of imidazole rings is 1.